The van der Waals surface area contributed by atoms with E-state index in [4.69, 9.17) is 9.47 Å². The maximum absolute atomic E-state index is 13.9. The van der Waals surface area contributed by atoms with Crippen molar-refractivity contribution in [2.45, 2.75) is 19.4 Å². The molecule has 4 heterocycles. The lowest BCUT2D eigenvalue weighted by Crippen LogP contribution is -2.51. The van der Waals surface area contributed by atoms with Gasteiger partial charge in [-0.05, 0) is 49.7 Å². The maximum Gasteiger partial charge on any atom is 0.414 e. The number of methoxy groups -OCH3 is 1. The molecule has 2 aromatic heterocycles. The van der Waals surface area contributed by atoms with Gasteiger partial charge in [-0.15, -0.1) is 0 Å². The van der Waals surface area contributed by atoms with Crippen molar-refractivity contribution in [2.24, 2.45) is 5.92 Å². The maximum atomic E-state index is 13.9. The molecule has 3 aromatic rings. The molecule has 1 amide bonds. The van der Waals surface area contributed by atoms with Gasteiger partial charge in [0.15, 0.2) is 0 Å². The molecule has 9 heteroatoms. The van der Waals surface area contributed by atoms with E-state index in [0.29, 0.717) is 36.0 Å². The lowest BCUT2D eigenvalue weighted by molar-refractivity contribution is 0.136. The van der Waals surface area contributed by atoms with Gasteiger partial charge in [0, 0.05) is 37.8 Å². The summed E-state index contributed by atoms with van der Waals surface area (Å²) in [6.45, 7) is 5.66. The van der Waals surface area contributed by atoms with Crippen molar-refractivity contribution < 1.29 is 18.7 Å². The molecule has 178 valence electrons. The molecule has 0 saturated carbocycles. The Morgan fingerprint density at radius 3 is 2.85 bits per heavy atom. The summed E-state index contributed by atoms with van der Waals surface area (Å²) in [6, 6.07) is 10.6. The van der Waals surface area contributed by atoms with E-state index in [1.54, 1.807) is 26.2 Å². The average molecular weight is 466 g/mol. The van der Waals surface area contributed by atoms with E-state index in [1.807, 2.05) is 24.4 Å². The van der Waals surface area contributed by atoms with Crippen molar-refractivity contribution in [3.05, 3.63) is 54.0 Å². The monoisotopic (exact) mass is 465 g/mol. The minimum Gasteiger partial charge on any atom is -0.481 e. The van der Waals surface area contributed by atoms with E-state index in [1.165, 1.54) is 11.0 Å². The number of hydrogen-bond acceptors (Lipinski definition) is 7. The van der Waals surface area contributed by atoms with Gasteiger partial charge in [-0.25, -0.2) is 14.2 Å². The van der Waals surface area contributed by atoms with Gasteiger partial charge in [0.1, 0.15) is 17.4 Å². The third kappa shape index (κ3) is 4.48. The van der Waals surface area contributed by atoms with Gasteiger partial charge in [0.2, 0.25) is 5.88 Å². The van der Waals surface area contributed by atoms with Gasteiger partial charge in [0.05, 0.1) is 30.5 Å². The molecule has 1 unspecified atom stereocenters. The van der Waals surface area contributed by atoms with Crippen molar-refractivity contribution in [1.82, 2.24) is 15.3 Å². The zero-order chi connectivity index (χ0) is 23.7. The second-order valence-corrected chi connectivity index (χ2v) is 8.87. The molecule has 2 fully saturated rings. The summed E-state index contributed by atoms with van der Waals surface area (Å²) in [5.41, 5.74) is 3.88. The zero-order valence-electron chi connectivity index (χ0n) is 19.3. The number of fused-ring (bicyclic) bond motifs is 1. The highest BCUT2D eigenvalue weighted by molar-refractivity contribution is 5.90. The topological polar surface area (TPSA) is 79.8 Å². The second-order valence-electron chi connectivity index (χ2n) is 8.87. The molecule has 2 aliphatic heterocycles. The lowest BCUT2D eigenvalue weighted by atomic mass is 9.99. The molecule has 0 spiro atoms. The number of carbonyl (C=O) groups is 1. The molecule has 34 heavy (non-hydrogen) atoms. The summed E-state index contributed by atoms with van der Waals surface area (Å²) < 4.78 is 24.6. The van der Waals surface area contributed by atoms with Crippen LogP contribution in [0.5, 0.6) is 5.88 Å². The summed E-state index contributed by atoms with van der Waals surface area (Å²) in [5.74, 6) is 0.797. The molecule has 1 N–H and O–H groups in total. The van der Waals surface area contributed by atoms with Crippen LogP contribution in [0.1, 0.15) is 12.0 Å². The number of anilines is 2. The minimum absolute atomic E-state index is 0.202. The second kappa shape index (κ2) is 9.42. The standard InChI is InChI=1S/C25H28FN5O3/c1-16-3-4-18(11-20(16)26)31-15-19(34-25(31)32)7-9-27-12-17-13-30(14-17)22-8-10-28-21-5-6-23(33-2)29-24(21)22/h3-6,8,10-11,17,19,27H,7,9,12-15H2,1-2H3. The Bertz CT molecular complexity index is 1200. The van der Waals surface area contributed by atoms with E-state index < -0.39 is 6.09 Å². The first-order valence-electron chi connectivity index (χ1n) is 11.5. The van der Waals surface area contributed by atoms with Crippen molar-refractivity contribution in [3.63, 3.8) is 0 Å². The highest BCUT2D eigenvalue weighted by Gasteiger charge is 2.33. The Kier molecular flexibility index (Phi) is 6.19. The lowest BCUT2D eigenvalue weighted by Gasteiger charge is -2.41. The van der Waals surface area contributed by atoms with Crippen LogP contribution in [0.2, 0.25) is 0 Å². The molecular formula is C25H28FN5O3. The summed E-state index contributed by atoms with van der Waals surface area (Å²) in [4.78, 5) is 25.0. The fourth-order valence-electron chi connectivity index (χ4n) is 4.46. The number of nitrogens with one attached hydrogen (secondary N) is 1. The van der Waals surface area contributed by atoms with Crippen molar-refractivity contribution in [3.8, 4) is 5.88 Å². The molecule has 2 saturated heterocycles. The van der Waals surface area contributed by atoms with Gasteiger partial charge < -0.3 is 19.7 Å². The number of hydrogen-bond donors (Lipinski definition) is 1. The molecule has 1 aromatic carbocycles. The number of cyclic esters (lactones) is 1. The first kappa shape index (κ1) is 22.3. The number of aryl methyl sites for hydroxylation is 1. The first-order valence-corrected chi connectivity index (χ1v) is 11.5. The molecular weight excluding hydrogens is 437 g/mol. The summed E-state index contributed by atoms with van der Waals surface area (Å²) in [5, 5.41) is 3.48. The van der Waals surface area contributed by atoms with Gasteiger partial charge in [-0.1, -0.05) is 6.07 Å². The van der Waals surface area contributed by atoms with Crippen LogP contribution >= 0.6 is 0 Å². The minimum atomic E-state index is -0.419. The molecule has 0 aliphatic carbocycles. The number of ether oxygens (including phenoxy) is 2. The van der Waals surface area contributed by atoms with Crippen LogP contribution in [0.15, 0.2) is 42.6 Å². The van der Waals surface area contributed by atoms with E-state index >= 15 is 0 Å². The van der Waals surface area contributed by atoms with E-state index in [9.17, 15) is 9.18 Å². The van der Waals surface area contributed by atoms with Crippen LogP contribution in [0.25, 0.3) is 11.0 Å². The fourth-order valence-corrected chi connectivity index (χ4v) is 4.46. The number of nitrogens with zero attached hydrogens (tertiary/aromatic N) is 4. The smallest absolute Gasteiger partial charge is 0.414 e. The van der Waals surface area contributed by atoms with Crippen LogP contribution in [0.4, 0.5) is 20.6 Å². The van der Waals surface area contributed by atoms with E-state index in [0.717, 1.165) is 42.9 Å². The summed E-state index contributed by atoms with van der Waals surface area (Å²) >= 11 is 0. The normalized spacial score (nSPS) is 18.3. The van der Waals surface area contributed by atoms with Gasteiger partial charge >= 0.3 is 6.09 Å². The van der Waals surface area contributed by atoms with Gasteiger partial charge in [0.25, 0.3) is 0 Å². The van der Waals surface area contributed by atoms with E-state index in [2.05, 4.69) is 20.2 Å². The molecule has 1 atom stereocenters. The number of benzene rings is 1. The van der Waals surface area contributed by atoms with Crippen LogP contribution in [0.3, 0.4) is 0 Å². The van der Waals surface area contributed by atoms with E-state index in [-0.39, 0.29) is 11.9 Å². The predicted molar refractivity (Wildman–Crippen MR) is 128 cm³/mol. The Balaban J connectivity index is 1.07. The number of halogens is 1. The predicted octanol–water partition coefficient (Wildman–Crippen LogP) is 3.53. The largest absolute Gasteiger partial charge is 0.481 e. The molecule has 8 nitrogen and oxygen atoms in total. The van der Waals surface area contributed by atoms with Gasteiger partial charge in [-0.3, -0.25) is 9.88 Å². The van der Waals surface area contributed by atoms with Gasteiger partial charge in [-0.2, -0.15) is 0 Å². The SMILES string of the molecule is COc1ccc2nccc(N3CC(CNCCC4CN(c5ccc(C)c(F)c5)C(=O)O4)C3)c2n1. The number of pyridine rings is 2. The Hall–Kier alpha value is -3.46. The first-order chi connectivity index (χ1) is 16.5. The highest BCUT2D eigenvalue weighted by atomic mass is 19.1. The van der Waals surface area contributed by atoms with Crippen molar-refractivity contribution in [1.29, 1.82) is 0 Å². The average Bonchev–Trinajstić information content (AvgIpc) is 3.19. The van der Waals surface area contributed by atoms with Crippen LogP contribution < -0.4 is 19.9 Å². The third-order valence-corrected chi connectivity index (χ3v) is 6.46. The highest BCUT2D eigenvalue weighted by Crippen LogP contribution is 2.31. The number of aromatic nitrogens is 2. The molecule has 5 rings (SSSR count). The number of amides is 1. The van der Waals surface area contributed by atoms with Crippen molar-refractivity contribution in [2.75, 3.05) is 49.6 Å². The van der Waals surface area contributed by atoms with Crippen LogP contribution in [-0.4, -0.2) is 62.0 Å². The van der Waals surface area contributed by atoms with Crippen molar-refractivity contribution >= 4 is 28.5 Å². The third-order valence-electron chi connectivity index (χ3n) is 6.46. The quantitative estimate of drug-likeness (QED) is 0.510. The molecule has 0 radical (unpaired) electrons. The summed E-state index contributed by atoms with van der Waals surface area (Å²) in [7, 11) is 1.61. The molecule has 2 aliphatic rings. The Morgan fingerprint density at radius 2 is 2.06 bits per heavy atom. The Labute approximate surface area is 197 Å². The number of rotatable bonds is 8. The fraction of sp³-hybridized carbons (Fsp3) is 0.400. The zero-order valence-corrected chi connectivity index (χ0v) is 19.3. The van der Waals surface area contributed by atoms with Crippen LogP contribution in [-0.2, 0) is 4.74 Å². The summed E-state index contributed by atoms with van der Waals surface area (Å²) in [6.07, 6.45) is 1.91. The number of carbonyl (C=O) groups excluding carboxylic acids is 1. The Morgan fingerprint density at radius 1 is 1.21 bits per heavy atom. The van der Waals surface area contributed by atoms with Crippen LogP contribution in [0, 0.1) is 18.7 Å². The molecule has 0 bridgehead atoms.